The van der Waals surface area contributed by atoms with Crippen molar-refractivity contribution in [1.82, 2.24) is 4.90 Å². The minimum Gasteiger partial charge on any atom is -0.327 e. The third-order valence-corrected chi connectivity index (χ3v) is 4.38. The van der Waals surface area contributed by atoms with Crippen molar-refractivity contribution in [3.8, 4) is 0 Å². The normalized spacial score (nSPS) is 12.6. The number of rotatable bonds is 3. The summed E-state index contributed by atoms with van der Waals surface area (Å²) < 4.78 is 0. The molecule has 1 aromatic heterocycles. The number of hydrogen-bond donors (Lipinski definition) is 0. The molecule has 0 unspecified atom stereocenters. The zero-order chi connectivity index (χ0) is 13.3. The Morgan fingerprint density at radius 1 is 1.35 bits per heavy atom. The van der Waals surface area contributed by atoms with Gasteiger partial charge in [0, 0.05) is 10.4 Å². The number of halogens is 1. The molecule has 1 aromatic rings. The second-order valence-electron chi connectivity index (χ2n) is 5.57. The fraction of sp³-hybridized carbons (Fsp3) is 0.615. The molecule has 4 heteroatoms. The molecule has 0 spiro atoms. The van der Waals surface area contributed by atoms with E-state index in [9.17, 15) is 4.79 Å². The largest absolute Gasteiger partial charge is 0.327 e. The standard InChI is InChI=1S/C13H20BrNOS/c1-12(2,3)15(11(16)9-14)13(4,5)10-7-6-8-17-10/h6-8H,9H2,1-5H3. The van der Waals surface area contributed by atoms with Crippen LogP contribution in [0.4, 0.5) is 0 Å². The average molecular weight is 318 g/mol. The smallest absolute Gasteiger partial charge is 0.234 e. The molecule has 0 aliphatic carbocycles. The molecule has 0 bridgehead atoms. The van der Waals surface area contributed by atoms with Crippen LogP contribution in [0.3, 0.4) is 0 Å². The van der Waals surface area contributed by atoms with E-state index >= 15 is 0 Å². The van der Waals surface area contributed by atoms with Gasteiger partial charge >= 0.3 is 0 Å². The molecule has 0 atom stereocenters. The van der Waals surface area contributed by atoms with Gasteiger partial charge in [0.15, 0.2) is 0 Å². The number of carbonyl (C=O) groups is 1. The fourth-order valence-electron chi connectivity index (χ4n) is 2.32. The summed E-state index contributed by atoms with van der Waals surface area (Å²) in [6.45, 7) is 10.4. The van der Waals surface area contributed by atoms with Crippen LogP contribution in [0.1, 0.15) is 39.5 Å². The summed E-state index contributed by atoms with van der Waals surface area (Å²) in [6.07, 6.45) is 0. The lowest BCUT2D eigenvalue weighted by Gasteiger charge is -2.46. The minimum atomic E-state index is -0.280. The highest BCUT2D eigenvalue weighted by Crippen LogP contribution is 2.36. The van der Waals surface area contributed by atoms with Crippen LogP contribution in [-0.4, -0.2) is 21.7 Å². The van der Waals surface area contributed by atoms with Crippen LogP contribution in [0.15, 0.2) is 17.5 Å². The fourth-order valence-corrected chi connectivity index (χ4v) is 3.41. The number of nitrogens with zero attached hydrogens (tertiary/aromatic N) is 1. The summed E-state index contributed by atoms with van der Waals surface area (Å²) >= 11 is 4.97. The third-order valence-electron chi connectivity index (χ3n) is 2.72. The third kappa shape index (κ3) is 3.10. The first-order chi connectivity index (χ1) is 7.71. The highest BCUT2D eigenvalue weighted by molar-refractivity contribution is 9.09. The molecular weight excluding hydrogens is 298 g/mol. The molecular formula is C13H20BrNOS. The SMILES string of the molecule is CC(C)(C)N(C(=O)CBr)C(C)(C)c1cccs1. The van der Waals surface area contributed by atoms with Crippen LogP contribution in [0.5, 0.6) is 0 Å². The monoisotopic (exact) mass is 317 g/mol. The van der Waals surface area contributed by atoms with Crippen molar-refractivity contribution in [2.24, 2.45) is 0 Å². The topological polar surface area (TPSA) is 20.3 Å². The van der Waals surface area contributed by atoms with E-state index in [1.165, 1.54) is 4.88 Å². The molecule has 1 amide bonds. The highest BCUT2D eigenvalue weighted by atomic mass is 79.9. The van der Waals surface area contributed by atoms with E-state index in [0.29, 0.717) is 5.33 Å². The Hall–Kier alpha value is -0.350. The Morgan fingerprint density at radius 3 is 2.29 bits per heavy atom. The van der Waals surface area contributed by atoms with Crippen LogP contribution >= 0.6 is 27.3 Å². The number of amides is 1. The van der Waals surface area contributed by atoms with Crippen molar-refractivity contribution in [3.63, 3.8) is 0 Å². The van der Waals surface area contributed by atoms with Gasteiger partial charge in [0.2, 0.25) is 5.91 Å². The zero-order valence-corrected chi connectivity index (χ0v) is 13.5. The molecule has 0 N–H and O–H groups in total. The van der Waals surface area contributed by atoms with Crippen LogP contribution in [0, 0.1) is 0 Å². The Balaban J connectivity index is 3.19. The Morgan fingerprint density at radius 2 is 1.94 bits per heavy atom. The van der Waals surface area contributed by atoms with Crippen molar-refractivity contribution < 1.29 is 4.79 Å². The van der Waals surface area contributed by atoms with Crippen LogP contribution in [0.2, 0.25) is 0 Å². The summed E-state index contributed by atoms with van der Waals surface area (Å²) in [5, 5.41) is 2.41. The van der Waals surface area contributed by atoms with Crippen LogP contribution < -0.4 is 0 Å². The van der Waals surface area contributed by atoms with Crippen molar-refractivity contribution in [2.45, 2.75) is 45.7 Å². The molecule has 1 rings (SSSR count). The maximum atomic E-state index is 12.2. The van der Waals surface area contributed by atoms with Gasteiger partial charge < -0.3 is 4.90 Å². The molecule has 0 aliphatic heterocycles. The number of hydrogen-bond acceptors (Lipinski definition) is 2. The van der Waals surface area contributed by atoms with Crippen LogP contribution in [0.25, 0.3) is 0 Å². The summed E-state index contributed by atoms with van der Waals surface area (Å²) in [5.74, 6) is 0.121. The molecule has 0 aliphatic rings. The first-order valence-electron chi connectivity index (χ1n) is 5.64. The Labute approximate surface area is 116 Å². The van der Waals surface area contributed by atoms with Gasteiger partial charge in [-0.05, 0) is 46.1 Å². The molecule has 0 aromatic carbocycles. The van der Waals surface area contributed by atoms with Crippen molar-refractivity contribution in [2.75, 3.05) is 5.33 Å². The van der Waals surface area contributed by atoms with Crippen LogP contribution in [-0.2, 0) is 10.3 Å². The Kier molecular flexibility index (Phi) is 4.42. The van der Waals surface area contributed by atoms with Crippen molar-refractivity contribution >= 4 is 33.2 Å². The lowest BCUT2D eigenvalue weighted by atomic mass is 9.93. The van der Waals surface area contributed by atoms with Crippen molar-refractivity contribution in [3.05, 3.63) is 22.4 Å². The molecule has 0 saturated heterocycles. The molecule has 0 fully saturated rings. The maximum Gasteiger partial charge on any atom is 0.234 e. The predicted molar refractivity (Wildman–Crippen MR) is 77.7 cm³/mol. The molecule has 2 nitrogen and oxygen atoms in total. The second-order valence-corrected chi connectivity index (χ2v) is 7.08. The first-order valence-corrected chi connectivity index (χ1v) is 7.64. The molecule has 0 radical (unpaired) electrons. The molecule has 1 heterocycles. The average Bonchev–Trinajstić information content (AvgIpc) is 2.67. The quantitative estimate of drug-likeness (QED) is 0.771. The van der Waals surface area contributed by atoms with Gasteiger partial charge in [-0.25, -0.2) is 0 Å². The maximum absolute atomic E-state index is 12.2. The number of alkyl halides is 1. The van der Waals surface area contributed by atoms with Gasteiger partial charge in [-0.15, -0.1) is 11.3 Å². The van der Waals surface area contributed by atoms with Gasteiger partial charge in [-0.1, -0.05) is 22.0 Å². The van der Waals surface area contributed by atoms with E-state index in [0.717, 1.165) is 0 Å². The minimum absolute atomic E-state index is 0.121. The van der Waals surface area contributed by atoms with Gasteiger partial charge in [-0.3, -0.25) is 4.79 Å². The van der Waals surface area contributed by atoms with E-state index < -0.39 is 0 Å². The van der Waals surface area contributed by atoms with Gasteiger partial charge in [0.25, 0.3) is 0 Å². The first kappa shape index (κ1) is 14.7. The van der Waals surface area contributed by atoms with Gasteiger partial charge in [0.05, 0.1) is 10.9 Å². The van der Waals surface area contributed by atoms with E-state index in [2.05, 4.69) is 62.0 Å². The van der Waals surface area contributed by atoms with E-state index in [1.54, 1.807) is 11.3 Å². The summed E-state index contributed by atoms with van der Waals surface area (Å²) in [5.41, 5.74) is -0.477. The number of thiophene rings is 1. The molecule has 0 saturated carbocycles. The summed E-state index contributed by atoms with van der Waals surface area (Å²) in [4.78, 5) is 15.4. The van der Waals surface area contributed by atoms with Gasteiger partial charge in [-0.2, -0.15) is 0 Å². The second kappa shape index (κ2) is 5.11. The van der Waals surface area contributed by atoms with Crippen molar-refractivity contribution in [1.29, 1.82) is 0 Å². The Bertz CT molecular complexity index is 379. The van der Waals surface area contributed by atoms with E-state index in [4.69, 9.17) is 0 Å². The lowest BCUT2D eigenvalue weighted by Crippen LogP contribution is -2.55. The van der Waals surface area contributed by atoms with Gasteiger partial charge in [0.1, 0.15) is 0 Å². The van der Waals surface area contributed by atoms with E-state index in [-0.39, 0.29) is 17.0 Å². The predicted octanol–water partition coefficient (Wildman–Crippen LogP) is 4.01. The lowest BCUT2D eigenvalue weighted by molar-refractivity contribution is -0.140. The summed E-state index contributed by atoms with van der Waals surface area (Å²) in [6, 6.07) is 4.12. The molecule has 96 valence electrons. The zero-order valence-electron chi connectivity index (χ0n) is 11.1. The molecule has 17 heavy (non-hydrogen) atoms. The van der Waals surface area contributed by atoms with E-state index in [1.807, 2.05) is 11.0 Å². The number of carbonyl (C=O) groups excluding carboxylic acids is 1. The summed E-state index contributed by atoms with van der Waals surface area (Å²) in [7, 11) is 0. The highest BCUT2D eigenvalue weighted by Gasteiger charge is 2.39.